The molecule has 0 aliphatic carbocycles. The van der Waals surface area contributed by atoms with Crippen molar-refractivity contribution in [3.05, 3.63) is 52.8 Å². The summed E-state index contributed by atoms with van der Waals surface area (Å²) in [6.45, 7) is 9.23. The Labute approximate surface area is 131 Å². The van der Waals surface area contributed by atoms with Gasteiger partial charge >= 0.3 is 0 Å². The molecule has 2 aromatic rings. The predicted molar refractivity (Wildman–Crippen MR) is 89.8 cm³/mol. The van der Waals surface area contributed by atoms with Crippen LogP contribution >= 0.6 is 11.8 Å². The summed E-state index contributed by atoms with van der Waals surface area (Å²) in [6.07, 6.45) is 0. The fourth-order valence-corrected chi connectivity index (χ4v) is 3.28. The van der Waals surface area contributed by atoms with Gasteiger partial charge in [0, 0.05) is 23.2 Å². The fourth-order valence-electron chi connectivity index (χ4n) is 2.23. The van der Waals surface area contributed by atoms with Crippen LogP contribution in [0.15, 0.2) is 35.5 Å². The molecular formula is C17H23N3S. The largest absolute Gasteiger partial charge is 0.309 e. The maximum absolute atomic E-state index is 4.50. The molecule has 1 aromatic carbocycles. The van der Waals surface area contributed by atoms with Crippen molar-refractivity contribution in [2.45, 2.75) is 38.9 Å². The van der Waals surface area contributed by atoms with E-state index >= 15 is 0 Å². The summed E-state index contributed by atoms with van der Waals surface area (Å²) in [7, 11) is 0. The molecule has 0 saturated carbocycles. The van der Waals surface area contributed by atoms with E-state index in [2.05, 4.69) is 53.4 Å². The first-order valence-corrected chi connectivity index (χ1v) is 8.32. The molecular weight excluding hydrogens is 278 g/mol. The van der Waals surface area contributed by atoms with E-state index in [1.807, 2.05) is 19.9 Å². The summed E-state index contributed by atoms with van der Waals surface area (Å²) in [4.78, 5) is 9.00. The van der Waals surface area contributed by atoms with Gasteiger partial charge in [-0.2, -0.15) is 0 Å². The monoisotopic (exact) mass is 301 g/mol. The smallest absolute Gasteiger partial charge is 0.188 e. The van der Waals surface area contributed by atoms with Crippen molar-refractivity contribution in [2.24, 2.45) is 0 Å². The minimum Gasteiger partial charge on any atom is -0.309 e. The van der Waals surface area contributed by atoms with Gasteiger partial charge in [0.15, 0.2) is 5.16 Å². The highest BCUT2D eigenvalue weighted by molar-refractivity contribution is 7.99. The number of hydrogen-bond donors (Lipinski definition) is 1. The molecule has 1 atom stereocenters. The van der Waals surface area contributed by atoms with Gasteiger partial charge in [-0.15, -0.1) is 0 Å². The molecule has 2 rings (SSSR count). The fraction of sp³-hybridized carbons (Fsp3) is 0.412. The molecule has 0 amide bonds. The molecule has 112 valence electrons. The minimum atomic E-state index is 0.324. The zero-order valence-electron chi connectivity index (χ0n) is 13.2. The Morgan fingerprint density at radius 3 is 2.24 bits per heavy atom. The molecule has 1 heterocycles. The zero-order chi connectivity index (χ0) is 15.2. The zero-order valence-corrected chi connectivity index (χ0v) is 14.0. The summed E-state index contributed by atoms with van der Waals surface area (Å²) in [5.41, 5.74) is 4.67. The second-order valence-corrected chi connectivity index (χ2v) is 6.25. The van der Waals surface area contributed by atoms with Crippen LogP contribution in [0.1, 0.15) is 35.5 Å². The average Bonchev–Trinajstić information content (AvgIpc) is 2.43. The molecule has 0 bridgehead atoms. The lowest BCUT2D eigenvalue weighted by atomic mass is 10.1. The number of aryl methyl sites for hydroxylation is 3. The Bertz CT molecular complexity index is 561. The van der Waals surface area contributed by atoms with E-state index in [-0.39, 0.29) is 0 Å². The Balaban J connectivity index is 2.07. The van der Waals surface area contributed by atoms with Gasteiger partial charge in [0.05, 0.1) is 0 Å². The van der Waals surface area contributed by atoms with Gasteiger partial charge < -0.3 is 5.32 Å². The third kappa shape index (κ3) is 4.83. The van der Waals surface area contributed by atoms with Gasteiger partial charge in [-0.1, -0.05) is 48.5 Å². The number of benzene rings is 1. The SMILES string of the molecule is CCNC(CSc1nc(C)cc(C)n1)c1ccc(C)cc1. The second-order valence-electron chi connectivity index (χ2n) is 5.27. The highest BCUT2D eigenvalue weighted by atomic mass is 32.2. The highest BCUT2D eigenvalue weighted by Gasteiger charge is 2.12. The van der Waals surface area contributed by atoms with E-state index in [1.165, 1.54) is 11.1 Å². The van der Waals surface area contributed by atoms with Crippen molar-refractivity contribution in [2.75, 3.05) is 12.3 Å². The van der Waals surface area contributed by atoms with Crippen molar-refractivity contribution in [1.29, 1.82) is 0 Å². The molecule has 3 nitrogen and oxygen atoms in total. The first kappa shape index (κ1) is 16.0. The van der Waals surface area contributed by atoms with Crippen LogP contribution in [0, 0.1) is 20.8 Å². The summed E-state index contributed by atoms with van der Waals surface area (Å²) in [5.74, 6) is 0.930. The molecule has 21 heavy (non-hydrogen) atoms. The van der Waals surface area contributed by atoms with Crippen molar-refractivity contribution in [3.8, 4) is 0 Å². The molecule has 0 saturated heterocycles. The summed E-state index contributed by atoms with van der Waals surface area (Å²) >= 11 is 1.71. The normalized spacial score (nSPS) is 12.4. The van der Waals surface area contributed by atoms with E-state index in [1.54, 1.807) is 11.8 Å². The highest BCUT2D eigenvalue weighted by Crippen LogP contribution is 2.23. The number of nitrogens with one attached hydrogen (secondary N) is 1. The van der Waals surface area contributed by atoms with Crippen LogP contribution in [-0.4, -0.2) is 22.3 Å². The quantitative estimate of drug-likeness (QED) is 0.650. The first-order chi connectivity index (χ1) is 10.1. The molecule has 0 spiro atoms. The topological polar surface area (TPSA) is 37.8 Å². The minimum absolute atomic E-state index is 0.324. The van der Waals surface area contributed by atoms with E-state index in [9.17, 15) is 0 Å². The lowest BCUT2D eigenvalue weighted by molar-refractivity contribution is 0.605. The van der Waals surface area contributed by atoms with Crippen molar-refractivity contribution < 1.29 is 0 Å². The Morgan fingerprint density at radius 1 is 1.05 bits per heavy atom. The maximum Gasteiger partial charge on any atom is 0.188 e. The van der Waals surface area contributed by atoms with Crippen molar-refractivity contribution >= 4 is 11.8 Å². The summed E-state index contributed by atoms with van der Waals surface area (Å²) in [5, 5.41) is 4.40. The number of nitrogens with zero attached hydrogens (tertiary/aromatic N) is 2. The van der Waals surface area contributed by atoms with Crippen molar-refractivity contribution in [1.82, 2.24) is 15.3 Å². The van der Waals surface area contributed by atoms with Gasteiger partial charge in [-0.3, -0.25) is 0 Å². The molecule has 0 aliphatic heterocycles. The summed E-state index contributed by atoms with van der Waals surface area (Å²) < 4.78 is 0. The van der Waals surface area contributed by atoms with Gasteiger partial charge in [0.25, 0.3) is 0 Å². The van der Waals surface area contributed by atoms with E-state index in [4.69, 9.17) is 0 Å². The molecule has 1 N–H and O–H groups in total. The molecule has 0 aliphatic rings. The first-order valence-electron chi connectivity index (χ1n) is 7.33. The molecule has 0 radical (unpaired) electrons. The van der Waals surface area contributed by atoms with Crippen LogP contribution in [-0.2, 0) is 0 Å². The van der Waals surface area contributed by atoms with E-state index < -0.39 is 0 Å². The van der Waals surface area contributed by atoms with E-state index in [0.717, 1.165) is 28.8 Å². The maximum atomic E-state index is 4.50. The summed E-state index contributed by atoms with van der Waals surface area (Å²) in [6, 6.07) is 11.1. The third-order valence-corrected chi connectivity index (χ3v) is 4.21. The standard InChI is InChI=1S/C17H23N3S/c1-5-18-16(15-8-6-12(2)7-9-15)11-21-17-19-13(3)10-14(4)20-17/h6-10,16,18H,5,11H2,1-4H3. The van der Waals surface area contributed by atoms with E-state index in [0.29, 0.717) is 6.04 Å². The van der Waals surface area contributed by atoms with Crippen molar-refractivity contribution in [3.63, 3.8) is 0 Å². The lowest BCUT2D eigenvalue weighted by Gasteiger charge is -2.18. The van der Waals surface area contributed by atoms with Crippen LogP contribution in [0.25, 0.3) is 0 Å². The molecule has 1 unspecified atom stereocenters. The number of thioether (sulfide) groups is 1. The number of aromatic nitrogens is 2. The third-order valence-electron chi connectivity index (χ3n) is 3.27. The average molecular weight is 301 g/mol. The van der Waals surface area contributed by atoms with Crippen LogP contribution in [0.5, 0.6) is 0 Å². The predicted octanol–water partition coefficient (Wildman–Crippen LogP) is 3.84. The second kappa shape index (κ2) is 7.57. The van der Waals surface area contributed by atoms with Gasteiger partial charge in [-0.05, 0) is 38.9 Å². The van der Waals surface area contributed by atoms with Gasteiger partial charge in [-0.25, -0.2) is 9.97 Å². The van der Waals surface area contributed by atoms with Crippen LogP contribution in [0.3, 0.4) is 0 Å². The van der Waals surface area contributed by atoms with Crippen LogP contribution in [0.4, 0.5) is 0 Å². The Morgan fingerprint density at radius 2 is 1.67 bits per heavy atom. The molecule has 1 aromatic heterocycles. The number of hydrogen-bond acceptors (Lipinski definition) is 4. The molecule has 4 heteroatoms. The van der Waals surface area contributed by atoms with Crippen LogP contribution < -0.4 is 5.32 Å². The van der Waals surface area contributed by atoms with Gasteiger partial charge in [0.1, 0.15) is 0 Å². The lowest BCUT2D eigenvalue weighted by Crippen LogP contribution is -2.23. The molecule has 0 fully saturated rings. The Hall–Kier alpha value is -1.39. The van der Waals surface area contributed by atoms with Gasteiger partial charge in [0.2, 0.25) is 0 Å². The number of rotatable bonds is 6. The van der Waals surface area contributed by atoms with Crippen LogP contribution in [0.2, 0.25) is 0 Å². The Kier molecular flexibility index (Phi) is 5.76.